The Morgan fingerprint density at radius 1 is 1.37 bits per heavy atom. The van der Waals surface area contributed by atoms with Gasteiger partial charge in [-0.05, 0) is 24.3 Å². The van der Waals surface area contributed by atoms with Crippen LogP contribution in [0.2, 0.25) is 0 Å². The summed E-state index contributed by atoms with van der Waals surface area (Å²) in [6, 6.07) is 8.57. The van der Waals surface area contributed by atoms with E-state index in [0.717, 1.165) is 0 Å². The minimum Gasteiger partial charge on any atom is -0.456 e. The topological polar surface area (TPSA) is 72.8 Å². The van der Waals surface area contributed by atoms with Gasteiger partial charge in [0.1, 0.15) is 6.10 Å². The third-order valence-corrected chi connectivity index (χ3v) is 3.30. The lowest BCUT2D eigenvalue weighted by molar-refractivity contribution is -0.152. The van der Waals surface area contributed by atoms with E-state index >= 15 is 0 Å². The highest BCUT2D eigenvalue weighted by Crippen LogP contribution is 2.34. The molecule has 0 aromatic heterocycles. The Morgan fingerprint density at radius 3 is 2.84 bits per heavy atom. The van der Waals surface area contributed by atoms with Crippen LogP contribution in [0.15, 0.2) is 42.5 Å². The standard InChI is InChI=1S/C14H12O5/c15-12(9-4-2-1-3-5-9)18-10-6-7-14(17)8-11(10)19-13(14)16/h1-7,10-11,17H,8H2/t10?,11?,14-/m0/s1. The Labute approximate surface area is 109 Å². The number of hydrogen-bond acceptors (Lipinski definition) is 5. The zero-order valence-corrected chi connectivity index (χ0v) is 9.98. The molecule has 98 valence electrons. The molecule has 1 aromatic carbocycles. The number of aliphatic hydroxyl groups is 1. The zero-order valence-electron chi connectivity index (χ0n) is 9.98. The molecule has 5 heteroatoms. The summed E-state index contributed by atoms with van der Waals surface area (Å²) in [6.45, 7) is 0. The van der Waals surface area contributed by atoms with E-state index in [1.807, 2.05) is 0 Å². The smallest absolute Gasteiger partial charge is 0.342 e. The average molecular weight is 260 g/mol. The van der Waals surface area contributed by atoms with Crippen molar-refractivity contribution >= 4 is 11.9 Å². The van der Waals surface area contributed by atoms with Gasteiger partial charge in [-0.15, -0.1) is 0 Å². The molecule has 1 heterocycles. The first-order valence-corrected chi connectivity index (χ1v) is 5.97. The molecule has 0 saturated carbocycles. The van der Waals surface area contributed by atoms with E-state index in [1.54, 1.807) is 30.3 Å². The molecule has 1 aromatic rings. The van der Waals surface area contributed by atoms with Crippen LogP contribution >= 0.6 is 0 Å². The van der Waals surface area contributed by atoms with Gasteiger partial charge in [-0.25, -0.2) is 9.59 Å². The minimum atomic E-state index is -1.56. The fourth-order valence-electron chi connectivity index (χ4n) is 2.25. The number of fused-ring (bicyclic) bond motifs is 2. The van der Waals surface area contributed by atoms with Gasteiger partial charge in [-0.2, -0.15) is 0 Å². The maximum atomic E-state index is 11.9. The van der Waals surface area contributed by atoms with Gasteiger partial charge in [0.2, 0.25) is 0 Å². The van der Waals surface area contributed by atoms with Gasteiger partial charge in [0.25, 0.3) is 0 Å². The van der Waals surface area contributed by atoms with E-state index in [0.29, 0.717) is 5.56 Å². The number of benzene rings is 1. The molecule has 1 aliphatic heterocycles. The zero-order chi connectivity index (χ0) is 13.5. The lowest BCUT2D eigenvalue weighted by Crippen LogP contribution is -2.37. The van der Waals surface area contributed by atoms with Crippen molar-refractivity contribution in [3.63, 3.8) is 0 Å². The molecule has 1 aliphatic carbocycles. The summed E-state index contributed by atoms with van der Waals surface area (Å²) < 4.78 is 10.3. The lowest BCUT2D eigenvalue weighted by Gasteiger charge is -2.23. The van der Waals surface area contributed by atoms with E-state index in [1.165, 1.54) is 12.2 Å². The first-order valence-electron chi connectivity index (χ1n) is 5.97. The van der Waals surface area contributed by atoms with Crippen molar-refractivity contribution in [1.82, 2.24) is 0 Å². The second kappa shape index (κ2) is 4.20. The molecule has 0 spiro atoms. The second-order valence-electron chi connectivity index (χ2n) is 4.67. The van der Waals surface area contributed by atoms with Crippen molar-refractivity contribution in [2.75, 3.05) is 0 Å². The highest BCUT2D eigenvalue weighted by atomic mass is 16.6. The van der Waals surface area contributed by atoms with Crippen molar-refractivity contribution in [2.45, 2.75) is 24.2 Å². The van der Waals surface area contributed by atoms with Gasteiger partial charge in [-0.1, -0.05) is 18.2 Å². The van der Waals surface area contributed by atoms with Crippen LogP contribution in [0.4, 0.5) is 0 Å². The van der Waals surface area contributed by atoms with E-state index in [9.17, 15) is 14.7 Å². The molecule has 19 heavy (non-hydrogen) atoms. The number of carbonyl (C=O) groups excluding carboxylic acids is 2. The maximum Gasteiger partial charge on any atom is 0.342 e. The van der Waals surface area contributed by atoms with E-state index < -0.39 is 29.7 Å². The van der Waals surface area contributed by atoms with Gasteiger partial charge in [0, 0.05) is 6.42 Å². The summed E-state index contributed by atoms with van der Waals surface area (Å²) in [5.74, 6) is -1.17. The van der Waals surface area contributed by atoms with Gasteiger partial charge < -0.3 is 14.6 Å². The quantitative estimate of drug-likeness (QED) is 0.629. The number of carbonyl (C=O) groups is 2. The molecular weight excluding hydrogens is 248 g/mol. The highest BCUT2D eigenvalue weighted by Gasteiger charge is 2.52. The van der Waals surface area contributed by atoms with Crippen LogP contribution in [0.5, 0.6) is 0 Å². The predicted molar refractivity (Wildman–Crippen MR) is 64.2 cm³/mol. The Morgan fingerprint density at radius 2 is 2.11 bits per heavy atom. The van der Waals surface area contributed by atoms with Crippen molar-refractivity contribution in [3.8, 4) is 0 Å². The van der Waals surface area contributed by atoms with Crippen LogP contribution in [-0.4, -0.2) is 34.9 Å². The largest absolute Gasteiger partial charge is 0.456 e. The third kappa shape index (κ3) is 2.02. The van der Waals surface area contributed by atoms with Crippen LogP contribution in [0.1, 0.15) is 16.8 Å². The van der Waals surface area contributed by atoms with Crippen LogP contribution in [-0.2, 0) is 14.3 Å². The summed E-state index contributed by atoms with van der Waals surface area (Å²) in [6.07, 6.45) is 1.69. The molecule has 3 atom stereocenters. The first kappa shape index (κ1) is 11.9. The third-order valence-electron chi connectivity index (χ3n) is 3.30. The maximum absolute atomic E-state index is 11.9. The second-order valence-corrected chi connectivity index (χ2v) is 4.67. The van der Waals surface area contributed by atoms with Crippen molar-refractivity contribution < 1.29 is 24.2 Å². The molecule has 2 bridgehead atoms. The van der Waals surface area contributed by atoms with Crippen molar-refractivity contribution in [1.29, 1.82) is 0 Å². The molecule has 0 radical (unpaired) electrons. The van der Waals surface area contributed by atoms with Crippen molar-refractivity contribution in [2.24, 2.45) is 0 Å². The van der Waals surface area contributed by atoms with Crippen LogP contribution in [0.3, 0.4) is 0 Å². The Hall–Kier alpha value is -2.14. The molecular formula is C14H12O5. The number of ether oxygens (including phenoxy) is 2. The minimum absolute atomic E-state index is 0.120. The summed E-state index contributed by atoms with van der Waals surface area (Å²) in [7, 11) is 0. The normalized spacial score (nSPS) is 31.9. The Bertz CT molecular complexity index is 550. The molecule has 1 fully saturated rings. The molecule has 5 nitrogen and oxygen atoms in total. The molecule has 1 N–H and O–H groups in total. The lowest BCUT2D eigenvalue weighted by atomic mass is 9.91. The van der Waals surface area contributed by atoms with E-state index in [2.05, 4.69) is 0 Å². The molecule has 2 aliphatic rings. The van der Waals surface area contributed by atoms with Gasteiger partial charge in [0.05, 0.1) is 5.56 Å². The number of rotatable bonds is 2. The van der Waals surface area contributed by atoms with E-state index in [4.69, 9.17) is 9.47 Å². The monoisotopic (exact) mass is 260 g/mol. The summed E-state index contributed by atoms with van der Waals surface area (Å²) in [4.78, 5) is 23.3. The van der Waals surface area contributed by atoms with Crippen LogP contribution < -0.4 is 0 Å². The summed E-state index contributed by atoms with van der Waals surface area (Å²) in [5, 5.41) is 9.86. The predicted octanol–water partition coefficient (Wildman–Crippen LogP) is 0.828. The fraction of sp³-hybridized carbons (Fsp3) is 0.286. The SMILES string of the molecule is O=C(OC1C=C[C@]2(O)CC1OC2=O)c1ccccc1. The van der Waals surface area contributed by atoms with E-state index in [-0.39, 0.29) is 6.42 Å². The Kier molecular flexibility index (Phi) is 2.64. The molecule has 0 amide bonds. The van der Waals surface area contributed by atoms with Crippen LogP contribution in [0, 0.1) is 0 Å². The van der Waals surface area contributed by atoms with Crippen molar-refractivity contribution in [3.05, 3.63) is 48.0 Å². The van der Waals surface area contributed by atoms with Gasteiger partial charge in [0.15, 0.2) is 11.7 Å². The van der Waals surface area contributed by atoms with Gasteiger partial charge >= 0.3 is 11.9 Å². The molecule has 3 rings (SSSR count). The van der Waals surface area contributed by atoms with Crippen LogP contribution in [0.25, 0.3) is 0 Å². The molecule has 2 unspecified atom stereocenters. The molecule has 1 saturated heterocycles. The summed E-state index contributed by atoms with van der Waals surface area (Å²) >= 11 is 0. The highest BCUT2D eigenvalue weighted by molar-refractivity contribution is 5.90. The summed E-state index contributed by atoms with van der Waals surface area (Å²) in [5.41, 5.74) is -1.12. The average Bonchev–Trinajstić information content (AvgIpc) is 2.66. The first-order chi connectivity index (χ1) is 9.08. The fourth-order valence-corrected chi connectivity index (χ4v) is 2.25. The number of hydrogen-bond donors (Lipinski definition) is 1. The number of esters is 2. The van der Waals surface area contributed by atoms with Gasteiger partial charge in [-0.3, -0.25) is 0 Å². The Balaban J connectivity index is 1.74.